The van der Waals surface area contributed by atoms with E-state index in [-0.39, 0.29) is 0 Å². The Bertz CT molecular complexity index is 557. The molecule has 0 heterocycles. The zero-order chi connectivity index (χ0) is 19.0. The summed E-state index contributed by atoms with van der Waals surface area (Å²) in [5.74, 6) is 7.45. The van der Waals surface area contributed by atoms with E-state index >= 15 is 0 Å². The van der Waals surface area contributed by atoms with Crippen LogP contribution in [0.1, 0.15) is 67.2 Å². The molecule has 1 heteroatoms. The molecule has 0 aromatic rings. The predicted octanol–water partition coefficient (Wildman–Crippen LogP) is 7.37. The summed E-state index contributed by atoms with van der Waals surface area (Å²) in [6.45, 7) is 24.6. The van der Waals surface area contributed by atoms with E-state index < -0.39 is 0 Å². The molecule has 144 valence electrons. The van der Waals surface area contributed by atoms with E-state index in [0.717, 1.165) is 53.9 Å². The van der Waals surface area contributed by atoms with E-state index in [0.29, 0.717) is 10.8 Å². The Labute approximate surface area is 163 Å². The molecular weight excluding hydrogens is 311 g/mol. The van der Waals surface area contributed by atoms with Crippen molar-refractivity contribution in [3.8, 4) is 0 Å². The minimum absolute atomic E-state index is 0.595. The van der Waals surface area contributed by atoms with Gasteiger partial charge in [-0.1, -0.05) is 90.8 Å². The first-order valence-electron chi connectivity index (χ1n) is 11.4. The summed E-state index contributed by atoms with van der Waals surface area (Å²) >= 11 is 0. The molecule has 0 aliphatic heterocycles. The fourth-order valence-corrected chi connectivity index (χ4v) is 8.52. The lowest BCUT2D eigenvalue weighted by Crippen LogP contribution is -2.59. The highest BCUT2D eigenvalue weighted by Gasteiger charge is 2.62. The van der Waals surface area contributed by atoms with Crippen LogP contribution in [0.3, 0.4) is 0 Å². The van der Waals surface area contributed by atoms with Gasteiger partial charge in [0.2, 0.25) is 0 Å². The maximum atomic E-state index is 4.35. The first-order valence-corrected chi connectivity index (χ1v) is 11.4. The van der Waals surface area contributed by atoms with Crippen molar-refractivity contribution in [1.82, 2.24) is 0 Å². The molecule has 0 saturated heterocycles. The molecule has 6 aliphatic rings. The normalized spacial score (nSPS) is 47.3. The minimum Gasteiger partial charge on any atom is -0.0988 e. The topological polar surface area (TPSA) is 0 Å². The molecule has 6 aliphatic carbocycles. The Balaban J connectivity index is 1.58. The molecule has 4 bridgehead atoms. The monoisotopic (exact) mass is 352 g/mol. The largest absolute Gasteiger partial charge is 0.151 e. The van der Waals surface area contributed by atoms with E-state index in [2.05, 4.69) is 54.7 Å². The molecule has 6 fully saturated rings. The Morgan fingerprint density at radius 2 is 1.31 bits per heavy atom. The molecule has 0 nitrogen and oxygen atoms in total. The number of hydrogen-bond donors (Lipinski definition) is 0. The van der Waals surface area contributed by atoms with Gasteiger partial charge in [-0.05, 0) is 65.5 Å². The second-order valence-corrected chi connectivity index (χ2v) is 12.0. The van der Waals surface area contributed by atoms with Crippen molar-refractivity contribution < 1.29 is 0 Å². The Morgan fingerprint density at radius 3 is 1.62 bits per heavy atom. The number of rotatable bonds is 5. The van der Waals surface area contributed by atoms with Crippen LogP contribution in [0.5, 0.6) is 0 Å². The van der Waals surface area contributed by atoms with Crippen LogP contribution in [-0.2, 0) is 0 Å². The summed E-state index contributed by atoms with van der Waals surface area (Å²) in [5, 5.41) is 0. The van der Waals surface area contributed by atoms with Crippen molar-refractivity contribution in [1.29, 1.82) is 0 Å². The van der Waals surface area contributed by atoms with E-state index in [4.69, 9.17) is 0 Å². The number of allylic oxidation sites excluding steroid dienone is 2. The summed E-state index contributed by atoms with van der Waals surface area (Å²) < 4.78 is 0. The lowest BCUT2D eigenvalue weighted by Gasteiger charge is -2.66. The first kappa shape index (κ1) is 18.9. The predicted molar refractivity (Wildman–Crippen MR) is 116 cm³/mol. The van der Waals surface area contributed by atoms with E-state index in [1.807, 2.05) is 6.08 Å². The molecule has 8 atom stereocenters. The highest BCUT2D eigenvalue weighted by Crippen LogP contribution is 2.69. The molecular formula is C25H41B. The summed E-state index contributed by atoms with van der Waals surface area (Å²) in [7, 11) is 0. The van der Waals surface area contributed by atoms with Crippen LogP contribution in [0.4, 0.5) is 0 Å². The molecule has 0 aromatic heterocycles. The van der Waals surface area contributed by atoms with Gasteiger partial charge in [0.05, 0.1) is 0 Å². The third kappa shape index (κ3) is 2.47. The summed E-state index contributed by atoms with van der Waals surface area (Å²) in [6.07, 6.45) is 9.18. The summed E-state index contributed by atoms with van der Waals surface area (Å²) in [5.41, 5.74) is 2.47. The van der Waals surface area contributed by atoms with Gasteiger partial charge in [-0.2, -0.15) is 0 Å². The number of hydrogen-bond acceptors (Lipinski definition) is 0. The molecule has 0 radical (unpaired) electrons. The lowest BCUT2D eigenvalue weighted by atomic mass is 9.20. The van der Waals surface area contributed by atoms with Gasteiger partial charge in [0.15, 0.2) is 6.71 Å². The molecule has 0 spiro atoms. The third-order valence-electron chi connectivity index (χ3n) is 10.7. The third-order valence-corrected chi connectivity index (χ3v) is 10.7. The Kier molecular flexibility index (Phi) is 4.37. The van der Waals surface area contributed by atoms with Crippen molar-refractivity contribution in [3.63, 3.8) is 0 Å². The van der Waals surface area contributed by atoms with E-state index in [1.165, 1.54) is 37.6 Å². The van der Waals surface area contributed by atoms with Crippen LogP contribution in [0.15, 0.2) is 24.8 Å². The molecule has 0 aromatic carbocycles. The molecule has 0 unspecified atom stereocenters. The second-order valence-electron chi connectivity index (χ2n) is 12.0. The van der Waals surface area contributed by atoms with Crippen LogP contribution in [0, 0.1) is 46.3 Å². The van der Waals surface area contributed by atoms with Gasteiger partial charge >= 0.3 is 0 Å². The van der Waals surface area contributed by atoms with E-state index in [9.17, 15) is 0 Å². The SMILES string of the molecule is C=CC(=C)CB([C@H]1C[C@H]2C[C@@H]([C@@H]1C)C2(C)C)[C@H]1C[C@H]2C[C@@H]([C@@H]1C)C2(C)C. The van der Waals surface area contributed by atoms with Gasteiger partial charge in [0.1, 0.15) is 0 Å². The van der Waals surface area contributed by atoms with Crippen LogP contribution >= 0.6 is 0 Å². The summed E-state index contributed by atoms with van der Waals surface area (Å²) in [6, 6.07) is 0. The van der Waals surface area contributed by atoms with Crippen molar-refractivity contribution in [2.24, 2.45) is 46.3 Å². The van der Waals surface area contributed by atoms with Crippen LogP contribution in [0.25, 0.3) is 0 Å². The minimum atomic E-state index is 0.595. The van der Waals surface area contributed by atoms with Gasteiger partial charge in [-0.3, -0.25) is 0 Å². The standard InChI is InChI=1S/C25H41B/c1-9-15(2)14-26(22-12-18-10-20(16(22)3)24(18,5)6)23-13-19-11-21(17(23)4)25(19,7)8/h9,16-23H,1-2,10-14H2,3-8H3/t16-,17-,18+,19+,20-,21-,22-,23-/m0/s1. The Hall–Kier alpha value is -0.455. The van der Waals surface area contributed by atoms with Crippen LogP contribution < -0.4 is 0 Å². The fraction of sp³-hybridized carbons (Fsp3) is 0.840. The highest BCUT2D eigenvalue weighted by atomic mass is 14.6. The van der Waals surface area contributed by atoms with Crippen molar-refractivity contribution in [3.05, 3.63) is 24.8 Å². The van der Waals surface area contributed by atoms with Crippen molar-refractivity contribution in [2.75, 3.05) is 0 Å². The van der Waals surface area contributed by atoms with Gasteiger partial charge in [-0.25, -0.2) is 0 Å². The smallest absolute Gasteiger partial charge is 0.0988 e. The molecule has 6 rings (SSSR count). The first-order chi connectivity index (χ1) is 12.1. The molecule has 0 N–H and O–H groups in total. The van der Waals surface area contributed by atoms with Crippen molar-refractivity contribution in [2.45, 2.75) is 85.2 Å². The molecule has 6 saturated carbocycles. The zero-order valence-corrected chi connectivity index (χ0v) is 18.2. The quantitative estimate of drug-likeness (QED) is 0.358. The fourth-order valence-electron chi connectivity index (χ4n) is 8.52. The maximum Gasteiger partial charge on any atom is 0.151 e. The average Bonchev–Trinajstić information content (AvgIpc) is 2.59. The van der Waals surface area contributed by atoms with E-state index in [1.54, 1.807) is 0 Å². The van der Waals surface area contributed by atoms with Gasteiger partial charge < -0.3 is 0 Å². The average molecular weight is 352 g/mol. The highest BCUT2D eigenvalue weighted by molar-refractivity contribution is 6.63. The molecule has 26 heavy (non-hydrogen) atoms. The van der Waals surface area contributed by atoms with Gasteiger partial charge in [-0.15, -0.1) is 0 Å². The molecule has 0 amide bonds. The zero-order valence-electron chi connectivity index (χ0n) is 18.2. The lowest BCUT2D eigenvalue weighted by molar-refractivity contribution is -0.107. The number of fused-ring (bicyclic) bond motifs is 4. The maximum absolute atomic E-state index is 4.35. The second kappa shape index (κ2) is 6.02. The van der Waals surface area contributed by atoms with Crippen LogP contribution in [-0.4, -0.2) is 6.71 Å². The van der Waals surface area contributed by atoms with Gasteiger partial charge in [0.25, 0.3) is 0 Å². The van der Waals surface area contributed by atoms with Gasteiger partial charge in [0, 0.05) is 0 Å². The Morgan fingerprint density at radius 1 is 0.885 bits per heavy atom. The summed E-state index contributed by atoms with van der Waals surface area (Å²) in [4.78, 5) is 0. The van der Waals surface area contributed by atoms with Crippen LogP contribution in [0.2, 0.25) is 18.0 Å². The van der Waals surface area contributed by atoms with Crippen molar-refractivity contribution >= 4 is 6.71 Å².